The first-order valence-corrected chi connectivity index (χ1v) is 14.6. The summed E-state index contributed by atoms with van der Waals surface area (Å²) in [6, 6.07) is 7.81. The van der Waals surface area contributed by atoms with Gasteiger partial charge in [-0.3, -0.25) is 9.69 Å². The molecule has 0 aliphatic carbocycles. The van der Waals surface area contributed by atoms with E-state index in [1.807, 2.05) is 31.2 Å². The number of anilines is 1. The molecule has 2 aliphatic rings. The van der Waals surface area contributed by atoms with E-state index in [0.717, 1.165) is 58.2 Å². The van der Waals surface area contributed by atoms with E-state index in [1.54, 1.807) is 13.3 Å². The van der Waals surface area contributed by atoms with Crippen LogP contribution in [0.1, 0.15) is 35.0 Å². The molecule has 1 fully saturated rings. The number of carbonyl (C=O) groups is 1. The Hall–Kier alpha value is -3.09. The lowest BCUT2D eigenvalue weighted by atomic mass is 10.1. The number of aromatic nitrogens is 3. The number of pyridine rings is 1. The van der Waals surface area contributed by atoms with Gasteiger partial charge in [0, 0.05) is 72.6 Å². The quantitative estimate of drug-likeness (QED) is 0.222. The van der Waals surface area contributed by atoms with E-state index in [0.29, 0.717) is 42.9 Å². The number of nitrogens with zero attached hydrogens (tertiary/aromatic N) is 4. The molecule has 1 saturated heterocycles. The highest BCUT2D eigenvalue weighted by Gasteiger charge is 2.25. The zero-order valence-corrected chi connectivity index (χ0v) is 24.0. The standard InChI is InChI=1S/C28H31ClN6O4S/c1-16-13-30-24-23-19-3-6-22(33-20(19)4-5-21(23)40-25(24)26(36)32-16)39-27-17(14-31-28(29)34-27)15-35-9-7-18(8-10-35)38-12-11-37-2/h3-6,14,16,18,30H,7-13,15H2,1-2H3,(H,32,36)/t16-/m1/s1. The molecule has 12 heteroatoms. The van der Waals surface area contributed by atoms with E-state index in [-0.39, 0.29) is 23.3 Å². The normalized spacial score (nSPS) is 18.4. The number of carbonyl (C=O) groups excluding carboxylic acids is 1. The molecule has 2 N–H and O–H groups in total. The Bertz CT molecular complexity index is 1540. The Morgan fingerprint density at radius 1 is 1.15 bits per heavy atom. The van der Waals surface area contributed by atoms with Gasteiger partial charge in [0.2, 0.25) is 17.0 Å². The van der Waals surface area contributed by atoms with Crippen LogP contribution in [0.25, 0.3) is 21.0 Å². The second-order valence-electron chi connectivity index (χ2n) is 10.1. The fraction of sp³-hybridized carbons (Fsp3) is 0.429. The molecule has 0 spiro atoms. The van der Waals surface area contributed by atoms with Gasteiger partial charge in [-0.15, -0.1) is 11.3 Å². The number of nitrogens with one attached hydrogen (secondary N) is 2. The summed E-state index contributed by atoms with van der Waals surface area (Å²) in [4.78, 5) is 29.1. The molecule has 210 valence electrons. The summed E-state index contributed by atoms with van der Waals surface area (Å²) in [5.74, 6) is 0.752. The fourth-order valence-corrected chi connectivity index (χ4v) is 6.43. The molecule has 5 heterocycles. The van der Waals surface area contributed by atoms with Crippen LogP contribution in [0, 0.1) is 0 Å². The molecule has 40 heavy (non-hydrogen) atoms. The van der Waals surface area contributed by atoms with Crippen molar-refractivity contribution in [1.29, 1.82) is 0 Å². The molecule has 3 aromatic heterocycles. The number of rotatable bonds is 8. The molecule has 1 atom stereocenters. The minimum absolute atomic E-state index is 0.0460. The molecule has 10 nitrogen and oxygen atoms in total. The molecule has 0 unspecified atom stereocenters. The summed E-state index contributed by atoms with van der Waals surface area (Å²) >= 11 is 7.64. The topological polar surface area (TPSA) is 111 Å². The Kier molecular flexibility index (Phi) is 7.99. The second-order valence-corrected chi connectivity index (χ2v) is 11.5. The number of methoxy groups -OCH3 is 1. The smallest absolute Gasteiger partial charge is 0.263 e. The van der Waals surface area contributed by atoms with Crippen molar-refractivity contribution in [1.82, 2.24) is 25.2 Å². The number of fused-ring (bicyclic) bond motifs is 5. The van der Waals surface area contributed by atoms with Crippen LogP contribution in [-0.2, 0) is 16.0 Å². The van der Waals surface area contributed by atoms with Crippen molar-refractivity contribution in [3.05, 3.63) is 46.2 Å². The summed E-state index contributed by atoms with van der Waals surface area (Å²) in [5.41, 5.74) is 2.47. The Labute approximate surface area is 241 Å². The van der Waals surface area contributed by atoms with Gasteiger partial charge >= 0.3 is 0 Å². The zero-order valence-electron chi connectivity index (χ0n) is 22.4. The van der Waals surface area contributed by atoms with E-state index < -0.39 is 0 Å². The van der Waals surface area contributed by atoms with Crippen molar-refractivity contribution in [2.75, 3.05) is 45.3 Å². The van der Waals surface area contributed by atoms with Crippen molar-refractivity contribution >= 4 is 55.5 Å². The van der Waals surface area contributed by atoms with Gasteiger partial charge < -0.3 is 24.8 Å². The predicted molar refractivity (Wildman–Crippen MR) is 156 cm³/mol. The monoisotopic (exact) mass is 582 g/mol. The third-order valence-corrected chi connectivity index (χ3v) is 8.57. The van der Waals surface area contributed by atoms with Crippen molar-refractivity contribution < 1.29 is 19.0 Å². The summed E-state index contributed by atoms with van der Waals surface area (Å²) in [6.07, 6.45) is 3.88. The van der Waals surface area contributed by atoms with Crippen LogP contribution >= 0.6 is 22.9 Å². The highest BCUT2D eigenvalue weighted by Crippen LogP contribution is 2.41. The van der Waals surface area contributed by atoms with Crippen LogP contribution < -0.4 is 15.4 Å². The molecule has 4 aromatic rings. The molecule has 1 aromatic carbocycles. The average Bonchev–Trinajstić information content (AvgIpc) is 3.27. The Morgan fingerprint density at radius 3 is 2.83 bits per heavy atom. The summed E-state index contributed by atoms with van der Waals surface area (Å²) in [7, 11) is 1.68. The van der Waals surface area contributed by atoms with E-state index in [4.69, 9.17) is 30.8 Å². The van der Waals surface area contributed by atoms with Crippen molar-refractivity contribution in [2.24, 2.45) is 0 Å². The van der Waals surface area contributed by atoms with Crippen LogP contribution in [0.4, 0.5) is 5.69 Å². The van der Waals surface area contributed by atoms with E-state index in [9.17, 15) is 4.79 Å². The first-order chi connectivity index (χ1) is 19.5. The average molecular weight is 583 g/mol. The Balaban J connectivity index is 1.22. The van der Waals surface area contributed by atoms with Gasteiger partial charge in [-0.2, -0.15) is 4.98 Å². The fourth-order valence-electron chi connectivity index (χ4n) is 5.20. The van der Waals surface area contributed by atoms with E-state index >= 15 is 0 Å². The predicted octanol–water partition coefficient (Wildman–Crippen LogP) is 4.86. The maximum Gasteiger partial charge on any atom is 0.263 e. The van der Waals surface area contributed by atoms with Gasteiger partial charge in [0.15, 0.2) is 0 Å². The first-order valence-electron chi connectivity index (χ1n) is 13.4. The minimum Gasteiger partial charge on any atom is -0.420 e. The largest absolute Gasteiger partial charge is 0.420 e. The van der Waals surface area contributed by atoms with Crippen LogP contribution in [0.3, 0.4) is 0 Å². The lowest BCUT2D eigenvalue weighted by Gasteiger charge is -2.31. The zero-order chi connectivity index (χ0) is 27.6. The molecular formula is C28H31ClN6O4S. The lowest BCUT2D eigenvalue weighted by molar-refractivity contribution is -0.0159. The molecule has 0 saturated carbocycles. The number of amides is 1. The third-order valence-electron chi connectivity index (χ3n) is 7.23. The maximum absolute atomic E-state index is 12.7. The number of hydrogen-bond acceptors (Lipinski definition) is 10. The van der Waals surface area contributed by atoms with E-state index in [2.05, 4.69) is 25.5 Å². The van der Waals surface area contributed by atoms with Crippen molar-refractivity contribution in [3.8, 4) is 11.8 Å². The number of ether oxygens (including phenoxy) is 3. The molecule has 0 radical (unpaired) electrons. The summed E-state index contributed by atoms with van der Waals surface area (Å²) in [5, 5.41) is 8.56. The van der Waals surface area contributed by atoms with Gasteiger partial charge in [-0.25, -0.2) is 9.97 Å². The second kappa shape index (κ2) is 11.8. The van der Waals surface area contributed by atoms with Crippen molar-refractivity contribution in [3.63, 3.8) is 0 Å². The van der Waals surface area contributed by atoms with Crippen LogP contribution in [0.5, 0.6) is 11.8 Å². The molecular weight excluding hydrogens is 552 g/mol. The van der Waals surface area contributed by atoms with Crippen LogP contribution in [0.15, 0.2) is 30.5 Å². The highest BCUT2D eigenvalue weighted by molar-refractivity contribution is 7.21. The number of likely N-dealkylation sites (tertiary alicyclic amines) is 1. The first kappa shape index (κ1) is 27.1. The molecule has 6 rings (SSSR count). The van der Waals surface area contributed by atoms with Gasteiger partial charge in [0.25, 0.3) is 5.91 Å². The number of benzene rings is 1. The molecule has 2 aliphatic heterocycles. The molecule has 1 amide bonds. The van der Waals surface area contributed by atoms with Crippen LogP contribution in [-0.4, -0.2) is 77.9 Å². The lowest BCUT2D eigenvalue weighted by Crippen LogP contribution is -2.37. The van der Waals surface area contributed by atoms with Gasteiger partial charge in [0.05, 0.1) is 30.5 Å². The number of halogens is 1. The number of thiophene rings is 1. The molecule has 0 bridgehead atoms. The Morgan fingerprint density at radius 2 is 2.00 bits per heavy atom. The van der Waals surface area contributed by atoms with E-state index in [1.165, 1.54) is 11.3 Å². The third kappa shape index (κ3) is 5.70. The summed E-state index contributed by atoms with van der Waals surface area (Å²) < 4.78 is 18.2. The van der Waals surface area contributed by atoms with Crippen molar-refractivity contribution in [2.45, 2.75) is 38.5 Å². The SMILES string of the molecule is COCCOC1CCN(Cc2cnc(Cl)nc2Oc2ccc3c(ccc4sc5c(c43)NC[C@@H](C)NC5=O)n2)CC1. The highest BCUT2D eigenvalue weighted by atomic mass is 35.5. The maximum atomic E-state index is 12.7. The minimum atomic E-state index is -0.0502. The number of piperidine rings is 1. The van der Waals surface area contributed by atoms with Gasteiger partial charge in [-0.05, 0) is 49.6 Å². The van der Waals surface area contributed by atoms with Gasteiger partial charge in [0.1, 0.15) is 4.88 Å². The number of hydrogen-bond donors (Lipinski definition) is 2. The van der Waals surface area contributed by atoms with Crippen LogP contribution in [0.2, 0.25) is 5.28 Å². The summed E-state index contributed by atoms with van der Waals surface area (Å²) in [6.45, 7) is 6.32. The van der Waals surface area contributed by atoms with Gasteiger partial charge in [-0.1, -0.05) is 0 Å².